The topological polar surface area (TPSA) is 78.9 Å². The first-order valence-corrected chi connectivity index (χ1v) is 24.1. The van der Waals surface area contributed by atoms with Gasteiger partial charge in [0.2, 0.25) is 0 Å². The van der Waals surface area contributed by atoms with Crippen molar-refractivity contribution in [2.75, 3.05) is 13.2 Å². The highest BCUT2D eigenvalue weighted by atomic mass is 16.6. The zero-order valence-corrected chi connectivity index (χ0v) is 38.2. The molecule has 0 radical (unpaired) electrons. The van der Waals surface area contributed by atoms with Crippen LogP contribution in [-0.2, 0) is 28.6 Å². The summed E-state index contributed by atoms with van der Waals surface area (Å²) in [5.74, 6) is -0.979. The second-order valence-corrected chi connectivity index (χ2v) is 15.6. The van der Waals surface area contributed by atoms with E-state index in [4.69, 9.17) is 14.2 Å². The molecule has 59 heavy (non-hydrogen) atoms. The van der Waals surface area contributed by atoms with Crippen molar-refractivity contribution in [3.8, 4) is 0 Å². The number of hydrogen-bond acceptors (Lipinski definition) is 6. The first-order valence-electron chi connectivity index (χ1n) is 24.1. The molecule has 1 unspecified atom stereocenters. The molecule has 0 aromatic rings. The lowest BCUT2D eigenvalue weighted by Crippen LogP contribution is -2.30. The zero-order valence-electron chi connectivity index (χ0n) is 38.2. The fourth-order valence-corrected chi connectivity index (χ4v) is 6.28. The predicted molar refractivity (Wildman–Crippen MR) is 251 cm³/mol. The van der Waals surface area contributed by atoms with Crippen LogP contribution in [0.2, 0.25) is 0 Å². The van der Waals surface area contributed by atoms with E-state index < -0.39 is 6.10 Å². The minimum absolute atomic E-state index is 0.103. The third-order valence-electron chi connectivity index (χ3n) is 9.86. The van der Waals surface area contributed by atoms with Crippen LogP contribution in [0.25, 0.3) is 0 Å². The fourth-order valence-electron chi connectivity index (χ4n) is 6.28. The maximum Gasteiger partial charge on any atom is 0.306 e. The Morgan fingerprint density at radius 1 is 0.356 bits per heavy atom. The summed E-state index contributed by atoms with van der Waals surface area (Å²) < 4.78 is 16.7. The van der Waals surface area contributed by atoms with Crippen LogP contribution in [0.4, 0.5) is 0 Å². The molecule has 0 aromatic carbocycles. The number of allylic oxidation sites excluding steroid dienone is 14. The van der Waals surface area contributed by atoms with E-state index in [2.05, 4.69) is 106 Å². The lowest BCUT2D eigenvalue weighted by atomic mass is 10.1. The minimum atomic E-state index is -0.806. The van der Waals surface area contributed by atoms with Gasteiger partial charge in [-0.25, -0.2) is 0 Å². The summed E-state index contributed by atoms with van der Waals surface area (Å²) in [4.78, 5) is 37.8. The van der Waals surface area contributed by atoms with Crippen molar-refractivity contribution < 1.29 is 28.6 Å². The van der Waals surface area contributed by atoms with Crippen LogP contribution in [0.3, 0.4) is 0 Å². The summed E-state index contributed by atoms with van der Waals surface area (Å²) in [6.45, 7) is 6.30. The third kappa shape index (κ3) is 45.5. The molecule has 0 saturated heterocycles. The Balaban J connectivity index is 4.38. The lowest BCUT2D eigenvalue weighted by molar-refractivity contribution is -0.167. The molecular weight excluding hydrogens is 733 g/mol. The van der Waals surface area contributed by atoms with Gasteiger partial charge in [0.25, 0.3) is 0 Å². The molecule has 0 aliphatic heterocycles. The molecule has 0 aliphatic rings. The lowest BCUT2D eigenvalue weighted by Gasteiger charge is -2.18. The highest BCUT2D eigenvalue weighted by molar-refractivity contribution is 5.71. The largest absolute Gasteiger partial charge is 0.462 e. The Morgan fingerprint density at radius 3 is 1.10 bits per heavy atom. The summed E-state index contributed by atoms with van der Waals surface area (Å²) in [6, 6.07) is 0. The van der Waals surface area contributed by atoms with Gasteiger partial charge in [-0.2, -0.15) is 0 Å². The molecule has 0 amide bonds. The van der Waals surface area contributed by atoms with Gasteiger partial charge >= 0.3 is 17.9 Å². The van der Waals surface area contributed by atoms with E-state index in [1.807, 2.05) is 0 Å². The van der Waals surface area contributed by atoms with Crippen LogP contribution in [-0.4, -0.2) is 37.2 Å². The van der Waals surface area contributed by atoms with Crippen LogP contribution < -0.4 is 0 Å². The molecule has 336 valence electrons. The van der Waals surface area contributed by atoms with Gasteiger partial charge in [0.15, 0.2) is 6.10 Å². The number of carbonyl (C=O) groups is 3. The second kappa shape index (κ2) is 47.3. The third-order valence-corrected chi connectivity index (χ3v) is 9.86. The van der Waals surface area contributed by atoms with Crippen molar-refractivity contribution in [2.24, 2.45) is 0 Å². The SMILES string of the molecule is CC/C=C\C/C=C\C/C=C\CCCCCCCCCCCC(=O)OCC(COC(=O)CCCCCCC/C=C\CCCC)OC(=O)CCC/C=C\C/C=C\C/C=C\CC. The molecule has 0 aliphatic carbocycles. The maximum absolute atomic E-state index is 12.7. The van der Waals surface area contributed by atoms with E-state index in [1.165, 1.54) is 70.6 Å². The number of esters is 3. The van der Waals surface area contributed by atoms with Crippen LogP contribution in [0, 0.1) is 0 Å². The summed E-state index contributed by atoms with van der Waals surface area (Å²) in [7, 11) is 0. The molecule has 0 spiro atoms. The molecule has 0 heterocycles. The van der Waals surface area contributed by atoms with Crippen LogP contribution in [0.15, 0.2) is 85.1 Å². The monoisotopic (exact) mass is 821 g/mol. The van der Waals surface area contributed by atoms with Gasteiger partial charge in [-0.15, -0.1) is 0 Å². The summed E-state index contributed by atoms with van der Waals surface area (Å²) >= 11 is 0. The van der Waals surface area contributed by atoms with E-state index in [-0.39, 0.29) is 37.5 Å². The number of ether oxygens (including phenoxy) is 3. The maximum atomic E-state index is 12.7. The highest BCUT2D eigenvalue weighted by Crippen LogP contribution is 2.13. The van der Waals surface area contributed by atoms with E-state index >= 15 is 0 Å². The predicted octanol–water partition coefficient (Wildman–Crippen LogP) is 15.6. The Bertz CT molecular complexity index is 1170. The first-order chi connectivity index (χ1) is 29.0. The standard InChI is InChI=1S/C53H88O6/c1-4-7-10-13-16-19-22-23-24-25-26-27-28-29-32-34-37-40-43-46-52(55)58-49-50(59-53(56)47-44-41-38-35-31-21-18-15-12-9-6-3)48-57-51(54)45-42-39-36-33-30-20-17-14-11-8-5-2/h7,9-10,12,14,16-19,21,23-24,35,38,50H,4-6,8,11,13,15,20,22,25-34,36-37,39-49H2,1-3H3/b10-7-,12-9-,17-14-,19-16-,21-18-,24-23-,38-35-. The van der Waals surface area contributed by atoms with Crippen molar-refractivity contribution in [3.05, 3.63) is 85.1 Å². The van der Waals surface area contributed by atoms with E-state index in [9.17, 15) is 14.4 Å². The van der Waals surface area contributed by atoms with E-state index in [0.717, 1.165) is 96.3 Å². The Kier molecular flexibility index (Phi) is 44.5. The van der Waals surface area contributed by atoms with Crippen molar-refractivity contribution in [1.82, 2.24) is 0 Å². The van der Waals surface area contributed by atoms with E-state index in [0.29, 0.717) is 19.3 Å². The van der Waals surface area contributed by atoms with E-state index in [1.54, 1.807) is 0 Å². The van der Waals surface area contributed by atoms with Gasteiger partial charge in [0.1, 0.15) is 13.2 Å². The number of carbonyl (C=O) groups excluding carboxylic acids is 3. The number of hydrogen-bond donors (Lipinski definition) is 0. The molecule has 6 heteroatoms. The normalized spacial score (nSPS) is 12.8. The van der Waals surface area contributed by atoms with Gasteiger partial charge in [0, 0.05) is 19.3 Å². The summed E-state index contributed by atoms with van der Waals surface area (Å²) in [5, 5.41) is 0. The molecule has 0 aromatic heterocycles. The fraction of sp³-hybridized carbons (Fsp3) is 0.679. The molecule has 0 fully saturated rings. The Hall–Kier alpha value is -3.41. The smallest absolute Gasteiger partial charge is 0.306 e. The molecular formula is C53H88O6. The van der Waals surface area contributed by atoms with Crippen molar-refractivity contribution in [1.29, 1.82) is 0 Å². The van der Waals surface area contributed by atoms with Gasteiger partial charge < -0.3 is 14.2 Å². The van der Waals surface area contributed by atoms with Gasteiger partial charge in [-0.3, -0.25) is 14.4 Å². The second-order valence-electron chi connectivity index (χ2n) is 15.6. The highest BCUT2D eigenvalue weighted by Gasteiger charge is 2.19. The van der Waals surface area contributed by atoms with Crippen LogP contribution in [0.1, 0.15) is 213 Å². The zero-order chi connectivity index (χ0) is 43.0. The molecule has 0 N–H and O–H groups in total. The van der Waals surface area contributed by atoms with Crippen molar-refractivity contribution in [3.63, 3.8) is 0 Å². The van der Waals surface area contributed by atoms with Crippen LogP contribution >= 0.6 is 0 Å². The Morgan fingerprint density at radius 2 is 0.678 bits per heavy atom. The molecule has 0 rings (SSSR count). The average Bonchev–Trinajstić information content (AvgIpc) is 3.23. The van der Waals surface area contributed by atoms with Gasteiger partial charge in [-0.05, 0) is 96.3 Å². The average molecular weight is 821 g/mol. The summed E-state index contributed by atoms with van der Waals surface area (Å²) in [5.41, 5.74) is 0. The molecule has 0 bridgehead atoms. The minimum Gasteiger partial charge on any atom is -0.462 e. The van der Waals surface area contributed by atoms with Crippen molar-refractivity contribution in [2.45, 2.75) is 219 Å². The first kappa shape index (κ1) is 55.6. The molecule has 0 saturated carbocycles. The Labute approximate surface area is 363 Å². The summed E-state index contributed by atoms with van der Waals surface area (Å²) in [6.07, 6.45) is 60.1. The van der Waals surface area contributed by atoms with Gasteiger partial charge in [-0.1, -0.05) is 183 Å². The molecule has 1 atom stereocenters. The van der Waals surface area contributed by atoms with Crippen molar-refractivity contribution >= 4 is 17.9 Å². The van der Waals surface area contributed by atoms with Crippen LogP contribution in [0.5, 0.6) is 0 Å². The molecule has 6 nitrogen and oxygen atoms in total. The quantitative estimate of drug-likeness (QED) is 0.0264. The number of rotatable bonds is 42. The van der Waals surface area contributed by atoms with Gasteiger partial charge in [0.05, 0.1) is 0 Å². The number of unbranched alkanes of at least 4 members (excludes halogenated alkanes) is 17.